The van der Waals surface area contributed by atoms with E-state index in [9.17, 15) is 29.4 Å². The molecule has 1 aromatic carbocycles. The van der Waals surface area contributed by atoms with E-state index in [1.54, 1.807) is 37.3 Å². The van der Waals surface area contributed by atoms with Gasteiger partial charge in [-0.15, -0.1) is 0 Å². The van der Waals surface area contributed by atoms with E-state index in [1.807, 2.05) is 13.8 Å². The largest absolute Gasteiger partial charge is 0.465 e. The lowest BCUT2D eigenvalue weighted by atomic mass is 9.42. The van der Waals surface area contributed by atoms with Gasteiger partial charge in [0.15, 0.2) is 0 Å². The molecule has 0 aromatic heterocycles. The van der Waals surface area contributed by atoms with Gasteiger partial charge in [-0.25, -0.2) is 4.79 Å². The molecule has 8 atom stereocenters. The van der Waals surface area contributed by atoms with Crippen LogP contribution in [-0.4, -0.2) is 70.7 Å². The summed E-state index contributed by atoms with van der Waals surface area (Å²) in [6.07, 6.45) is -4.44. The van der Waals surface area contributed by atoms with Gasteiger partial charge in [-0.3, -0.25) is 14.4 Å². The topological polar surface area (TPSA) is 146 Å². The Hall–Kier alpha value is -2.98. The number of hydrogen-bond acceptors (Lipinski definition) is 10. The van der Waals surface area contributed by atoms with Crippen LogP contribution in [0.5, 0.6) is 0 Å². The molecule has 4 rings (SSSR count). The number of benzene rings is 1. The average Bonchev–Trinajstić information content (AvgIpc) is 3.03. The van der Waals surface area contributed by atoms with E-state index >= 15 is 0 Å². The first-order valence-corrected chi connectivity index (χ1v) is 13.2. The Morgan fingerprint density at radius 2 is 1.51 bits per heavy atom. The Balaban J connectivity index is 2.03. The lowest BCUT2D eigenvalue weighted by molar-refractivity contribution is -0.329. The molecule has 0 unspecified atom stereocenters. The molecule has 39 heavy (non-hydrogen) atoms. The summed E-state index contributed by atoms with van der Waals surface area (Å²) in [5.41, 5.74) is -5.18. The molecule has 2 N–H and O–H groups in total. The van der Waals surface area contributed by atoms with Crippen LogP contribution in [0.1, 0.15) is 71.2 Å². The monoisotopic (exact) mass is 546 g/mol. The van der Waals surface area contributed by atoms with Crippen LogP contribution in [0.4, 0.5) is 0 Å². The fraction of sp³-hybridized carbons (Fsp3) is 0.655. The SMILES string of the molecule is CC(=O)OC[C@@]12[C@@H](OC(C)=O)CC[C@](C)(O)[C@]13CC(C)(C)[C@H]([C@@H](O)[C@H]2OC(=O)c1ccccc1)[C@H]3OC(C)=O. The van der Waals surface area contributed by atoms with E-state index in [0.29, 0.717) is 0 Å². The summed E-state index contributed by atoms with van der Waals surface area (Å²) in [4.78, 5) is 50.5. The summed E-state index contributed by atoms with van der Waals surface area (Å²) in [7, 11) is 0. The van der Waals surface area contributed by atoms with Crippen LogP contribution in [-0.2, 0) is 33.3 Å². The maximum Gasteiger partial charge on any atom is 0.338 e. The van der Waals surface area contributed by atoms with Crippen molar-refractivity contribution in [3.8, 4) is 0 Å². The zero-order chi connectivity index (χ0) is 29.0. The minimum Gasteiger partial charge on any atom is -0.465 e. The number of aliphatic hydroxyl groups excluding tert-OH is 1. The number of esters is 4. The van der Waals surface area contributed by atoms with E-state index in [4.69, 9.17) is 18.9 Å². The van der Waals surface area contributed by atoms with Crippen LogP contribution in [0.25, 0.3) is 0 Å². The lowest BCUT2D eigenvalue weighted by Crippen LogP contribution is -2.79. The van der Waals surface area contributed by atoms with E-state index < -0.39 is 82.7 Å². The predicted molar refractivity (Wildman–Crippen MR) is 136 cm³/mol. The molecule has 0 amide bonds. The molecule has 0 radical (unpaired) electrons. The Morgan fingerprint density at radius 1 is 0.897 bits per heavy atom. The molecule has 3 saturated carbocycles. The molecule has 3 aliphatic rings. The van der Waals surface area contributed by atoms with Gasteiger partial charge in [0.2, 0.25) is 0 Å². The summed E-state index contributed by atoms with van der Waals surface area (Å²) >= 11 is 0. The Morgan fingerprint density at radius 3 is 2.08 bits per heavy atom. The van der Waals surface area contributed by atoms with Gasteiger partial charge in [0.25, 0.3) is 0 Å². The van der Waals surface area contributed by atoms with Gasteiger partial charge >= 0.3 is 23.9 Å². The van der Waals surface area contributed by atoms with Crippen LogP contribution in [0, 0.1) is 22.2 Å². The quantitative estimate of drug-likeness (QED) is 0.403. The first-order chi connectivity index (χ1) is 18.1. The Kier molecular flexibility index (Phi) is 7.36. The molecule has 0 aliphatic heterocycles. The molecule has 2 bridgehead atoms. The van der Waals surface area contributed by atoms with Crippen LogP contribution in [0.3, 0.4) is 0 Å². The van der Waals surface area contributed by atoms with Crippen LogP contribution in [0.2, 0.25) is 0 Å². The first kappa shape index (κ1) is 29.0. The molecule has 10 nitrogen and oxygen atoms in total. The van der Waals surface area contributed by atoms with Crippen molar-refractivity contribution >= 4 is 23.9 Å². The normalized spacial score (nSPS) is 38.2. The van der Waals surface area contributed by atoms with Crippen LogP contribution >= 0.6 is 0 Å². The van der Waals surface area contributed by atoms with Crippen molar-refractivity contribution in [2.24, 2.45) is 22.2 Å². The van der Waals surface area contributed by atoms with Gasteiger partial charge < -0.3 is 29.2 Å². The number of aliphatic hydroxyl groups is 2. The van der Waals surface area contributed by atoms with Crippen molar-refractivity contribution in [3.63, 3.8) is 0 Å². The zero-order valence-electron chi connectivity index (χ0n) is 23.3. The molecule has 1 aromatic rings. The highest BCUT2D eigenvalue weighted by molar-refractivity contribution is 5.89. The molecule has 1 spiro atoms. The number of ether oxygens (including phenoxy) is 4. The average molecular weight is 547 g/mol. The second-order valence-corrected chi connectivity index (χ2v) is 12.1. The minimum absolute atomic E-state index is 0.125. The summed E-state index contributed by atoms with van der Waals surface area (Å²) < 4.78 is 23.5. The zero-order valence-corrected chi connectivity index (χ0v) is 23.3. The van der Waals surface area contributed by atoms with Crippen molar-refractivity contribution in [1.82, 2.24) is 0 Å². The molecule has 0 saturated heterocycles. The number of carbonyl (C=O) groups is 4. The van der Waals surface area contributed by atoms with Crippen molar-refractivity contribution in [3.05, 3.63) is 35.9 Å². The number of rotatable bonds is 6. The van der Waals surface area contributed by atoms with Gasteiger partial charge in [-0.2, -0.15) is 0 Å². The molecule has 214 valence electrons. The standard InChI is InChI=1S/C29H38O10/c1-16(30)36-15-28-20(37-17(2)31)12-13-27(6,35)29(28)14-26(4,5)21(23(29)38-18(3)32)22(33)24(28)39-25(34)19-10-8-7-9-11-19/h7-11,20-24,33,35H,12-15H2,1-6H3/t20-,21+,22+,23+,24+,27-,28-,29+/m0/s1. The highest BCUT2D eigenvalue weighted by atomic mass is 16.6. The smallest absolute Gasteiger partial charge is 0.338 e. The Bertz CT molecular complexity index is 1140. The van der Waals surface area contributed by atoms with Gasteiger partial charge in [0.1, 0.15) is 24.9 Å². The van der Waals surface area contributed by atoms with Crippen molar-refractivity contribution in [2.45, 2.75) is 90.8 Å². The van der Waals surface area contributed by atoms with Crippen LogP contribution in [0.15, 0.2) is 30.3 Å². The predicted octanol–water partition coefficient (Wildman–Crippen LogP) is 2.58. The van der Waals surface area contributed by atoms with E-state index in [0.717, 1.165) is 0 Å². The number of carbonyl (C=O) groups excluding carboxylic acids is 4. The molecular weight excluding hydrogens is 508 g/mol. The van der Waals surface area contributed by atoms with Gasteiger partial charge in [-0.05, 0) is 43.7 Å². The van der Waals surface area contributed by atoms with Gasteiger partial charge in [-0.1, -0.05) is 32.0 Å². The summed E-state index contributed by atoms with van der Waals surface area (Å²) in [6.45, 7) is 8.61. The first-order valence-electron chi connectivity index (χ1n) is 13.2. The van der Waals surface area contributed by atoms with E-state index in [1.165, 1.54) is 20.8 Å². The van der Waals surface area contributed by atoms with E-state index in [-0.39, 0.29) is 24.8 Å². The number of fused-ring (bicyclic) bond motifs is 1. The minimum atomic E-state index is -1.67. The third-order valence-corrected chi connectivity index (χ3v) is 9.25. The molecule has 10 heteroatoms. The van der Waals surface area contributed by atoms with Crippen molar-refractivity contribution in [1.29, 1.82) is 0 Å². The fourth-order valence-corrected chi connectivity index (χ4v) is 8.01. The maximum atomic E-state index is 13.5. The second kappa shape index (κ2) is 9.89. The molecular formula is C29H38O10. The molecule has 3 aliphatic carbocycles. The second-order valence-electron chi connectivity index (χ2n) is 12.1. The maximum absolute atomic E-state index is 13.5. The molecule has 0 heterocycles. The third-order valence-electron chi connectivity index (χ3n) is 9.25. The highest BCUT2D eigenvalue weighted by Crippen LogP contribution is 2.75. The lowest BCUT2D eigenvalue weighted by Gasteiger charge is -2.67. The summed E-state index contributed by atoms with van der Waals surface area (Å²) in [6, 6.07) is 8.20. The van der Waals surface area contributed by atoms with Crippen molar-refractivity contribution < 1.29 is 48.3 Å². The van der Waals surface area contributed by atoms with Gasteiger partial charge in [0.05, 0.1) is 28.1 Å². The summed E-state index contributed by atoms with van der Waals surface area (Å²) in [5, 5.41) is 24.2. The fourth-order valence-electron chi connectivity index (χ4n) is 8.01. The van der Waals surface area contributed by atoms with E-state index in [2.05, 4.69) is 0 Å². The summed E-state index contributed by atoms with van der Waals surface area (Å²) in [5.74, 6) is -3.42. The highest BCUT2D eigenvalue weighted by Gasteiger charge is 2.84. The van der Waals surface area contributed by atoms with Crippen LogP contribution < -0.4 is 0 Å². The van der Waals surface area contributed by atoms with Crippen molar-refractivity contribution in [2.75, 3.05) is 6.61 Å². The molecule has 3 fully saturated rings. The third kappa shape index (κ3) is 4.41. The number of hydrogen-bond donors (Lipinski definition) is 2. The van der Waals surface area contributed by atoms with Gasteiger partial charge in [0, 0.05) is 26.7 Å². The Labute approximate surface area is 227 Å².